The number of para-hydroxylation sites is 1. The second kappa shape index (κ2) is 10.4. The lowest BCUT2D eigenvalue weighted by Gasteiger charge is -2.30. The van der Waals surface area contributed by atoms with Gasteiger partial charge in [-0.05, 0) is 41.7 Å². The quantitative estimate of drug-likeness (QED) is 0.427. The van der Waals surface area contributed by atoms with E-state index in [1.54, 1.807) is 61.5 Å². The molecule has 0 aromatic heterocycles. The number of amides is 1. The van der Waals surface area contributed by atoms with Crippen molar-refractivity contribution >= 4 is 33.1 Å². The van der Waals surface area contributed by atoms with E-state index in [2.05, 4.69) is 26.1 Å². The zero-order valence-electron chi connectivity index (χ0n) is 20.8. The van der Waals surface area contributed by atoms with Gasteiger partial charge in [0.2, 0.25) is 15.9 Å². The number of benzene rings is 3. The van der Waals surface area contributed by atoms with Crippen LogP contribution < -0.4 is 9.62 Å². The molecule has 0 radical (unpaired) electrons. The van der Waals surface area contributed by atoms with Crippen molar-refractivity contribution < 1.29 is 18.0 Å². The standard InChI is InChI=1S/C28H32N2O4S/c1-6-25(30(35(5,33)34)24-13-8-7-9-14-24)27(32)29-23-12-10-11-21(19-23)26(31)20-15-17-22(18-16-20)28(2,3)4/h7-19,25H,6H2,1-5H3,(H,29,32). The summed E-state index contributed by atoms with van der Waals surface area (Å²) in [5.74, 6) is -0.628. The van der Waals surface area contributed by atoms with Crippen LogP contribution in [0.2, 0.25) is 0 Å². The maximum absolute atomic E-state index is 13.2. The van der Waals surface area contributed by atoms with E-state index in [0.29, 0.717) is 22.5 Å². The molecule has 1 N–H and O–H groups in total. The molecule has 0 fully saturated rings. The van der Waals surface area contributed by atoms with Crippen molar-refractivity contribution in [2.75, 3.05) is 15.9 Å². The average Bonchev–Trinajstić information content (AvgIpc) is 2.81. The van der Waals surface area contributed by atoms with Crippen molar-refractivity contribution in [3.63, 3.8) is 0 Å². The average molecular weight is 493 g/mol. The van der Waals surface area contributed by atoms with Crippen molar-refractivity contribution in [3.8, 4) is 0 Å². The van der Waals surface area contributed by atoms with Crippen molar-refractivity contribution in [3.05, 3.63) is 95.6 Å². The molecule has 0 aliphatic rings. The highest BCUT2D eigenvalue weighted by molar-refractivity contribution is 7.92. The minimum absolute atomic E-state index is 0.0127. The summed E-state index contributed by atoms with van der Waals surface area (Å²) < 4.78 is 26.3. The minimum atomic E-state index is -3.72. The number of anilines is 2. The first-order chi connectivity index (χ1) is 16.4. The maximum Gasteiger partial charge on any atom is 0.248 e. The summed E-state index contributed by atoms with van der Waals surface area (Å²) in [6.45, 7) is 8.10. The molecule has 3 aromatic rings. The van der Waals surface area contributed by atoms with Gasteiger partial charge in [-0.25, -0.2) is 8.42 Å². The number of hydrogen-bond donors (Lipinski definition) is 1. The summed E-state index contributed by atoms with van der Waals surface area (Å²) in [6.07, 6.45) is 1.35. The topological polar surface area (TPSA) is 83.6 Å². The van der Waals surface area contributed by atoms with Gasteiger partial charge in [-0.1, -0.05) is 82.3 Å². The highest BCUT2D eigenvalue weighted by Gasteiger charge is 2.31. The normalized spacial score (nSPS) is 12.6. The summed E-state index contributed by atoms with van der Waals surface area (Å²) in [4.78, 5) is 26.2. The molecule has 3 aromatic carbocycles. The molecule has 7 heteroatoms. The Morgan fingerprint density at radius 2 is 1.51 bits per heavy atom. The van der Waals surface area contributed by atoms with Crippen LogP contribution in [0.1, 0.15) is 55.6 Å². The van der Waals surface area contributed by atoms with Crippen LogP contribution in [-0.4, -0.2) is 32.4 Å². The number of carbonyl (C=O) groups excluding carboxylic acids is 2. The summed E-state index contributed by atoms with van der Waals surface area (Å²) >= 11 is 0. The molecule has 0 heterocycles. The fraction of sp³-hybridized carbons (Fsp3) is 0.286. The van der Waals surface area contributed by atoms with Gasteiger partial charge in [-0.2, -0.15) is 0 Å². The maximum atomic E-state index is 13.2. The van der Waals surface area contributed by atoms with Gasteiger partial charge >= 0.3 is 0 Å². The van der Waals surface area contributed by atoms with Crippen LogP contribution in [0.4, 0.5) is 11.4 Å². The molecule has 1 amide bonds. The van der Waals surface area contributed by atoms with E-state index in [1.165, 1.54) is 0 Å². The molecule has 0 bridgehead atoms. The molecule has 35 heavy (non-hydrogen) atoms. The molecule has 0 aliphatic carbocycles. The van der Waals surface area contributed by atoms with Crippen LogP contribution in [0, 0.1) is 0 Å². The van der Waals surface area contributed by atoms with Gasteiger partial charge in [-0.15, -0.1) is 0 Å². The zero-order valence-corrected chi connectivity index (χ0v) is 21.6. The molecule has 0 spiro atoms. The van der Waals surface area contributed by atoms with E-state index < -0.39 is 22.0 Å². The van der Waals surface area contributed by atoms with Crippen LogP contribution in [0.3, 0.4) is 0 Å². The number of hydrogen-bond acceptors (Lipinski definition) is 4. The van der Waals surface area contributed by atoms with Crippen LogP contribution >= 0.6 is 0 Å². The SMILES string of the molecule is CCC(C(=O)Nc1cccc(C(=O)c2ccc(C(C)(C)C)cc2)c1)N(c1ccccc1)S(C)(=O)=O. The largest absolute Gasteiger partial charge is 0.324 e. The van der Waals surface area contributed by atoms with Gasteiger partial charge in [0.1, 0.15) is 6.04 Å². The van der Waals surface area contributed by atoms with Crippen LogP contribution in [0.25, 0.3) is 0 Å². The minimum Gasteiger partial charge on any atom is -0.324 e. The third-order valence-corrected chi connectivity index (χ3v) is 6.93. The van der Waals surface area contributed by atoms with Gasteiger partial charge in [-0.3, -0.25) is 13.9 Å². The monoisotopic (exact) mass is 492 g/mol. The summed E-state index contributed by atoms with van der Waals surface area (Å²) in [6, 6.07) is 21.8. The summed E-state index contributed by atoms with van der Waals surface area (Å²) in [7, 11) is -3.72. The predicted molar refractivity (Wildman–Crippen MR) is 141 cm³/mol. The fourth-order valence-electron chi connectivity index (χ4n) is 3.89. The lowest BCUT2D eigenvalue weighted by Crippen LogP contribution is -2.47. The van der Waals surface area contributed by atoms with Crippen molar-refractivity contribution in [1.82, 2.24) is 0 Å². The van der Waals surface area contributed by atoms with E-state index in [0.717, 1.165) is 16.1 Å². The Morgan fingerprint density at radius 1 is 0.886 bits per heavy atom. The zero-order chi connectivity index (χ0) is 25.8. The van der Waals surface area contributed by atoms with Gasteiger partial charge in [0, 0.05) is 16.8 Å². The van der Waals surface area contributed by atoms with E-state index in [-0.39, 0.29) is 17.6 Å². The van der Waals surface area contributed by atoms with Crippen LogP contribution in [0.5, 0.6) is 0 Å². The number of ketones is 1. The Kier molecular flexibility index (Phi) is 7.80. The molecular formula is C28H32N2O4S. The number of sulfonamides is 1. The predicted octanol–water partition coefficient (Wildman–Crippen LogP) is 5.40. The van der Waals surface area contributed by atoms with Gasteiger partial charge < -0.3 is 5.32 Å². The number of nitrogens with one attached hydrogen (secondary N) is 1. The Balaban J connectivity index is 1.84. The summed E-state index contributed by atoms with van der Waals surface area (Å²) in [5.41, 5.74) is 2.95. The second-order valence-electron chi connectivity index (χ2n) is 9.54. The lowest BCUT2D eigenvalue weighted by atomic mass is 9.86. The van der Waals surface area contributed by atoms with Gasteiger partial charge in [0.25, 0.3) is 0 Å². The molecule has 3 rings (SSSR count). The molecule has 1 atom stereocenters. The van der Waals surface area contributed by atoms with Crippen molar-refractivity contribution in [1.29, 1.82) is 0 Å². The lowest BCUT2D eigenvalue weighted by molar-refractivity contribution is -0.117. The van der Waals surface area contributed by atoms with E-state index >= 15 is 0 Å². The molecule has 0 saturated heterocycles. The third-order valence-electron chi connectivity index (χ3n) is 5.75. The number of carbonyl (C=O) groups is 2. The van der Waals surface area contributed by atoms with Crippen LogP contribution in [-0.2, 0) is 20.2 Å². The molecule has 6 nitrogen and oxygen atoms in total. The molecule has 184 valence electrons. The first-order valence-electron chi connectivity index (χ1n) is 11.5. The fourth-order valence-corrected chi connectivity index (χ4v) is 5.10. The van der Waals surface area contributed by atoms with E-state index in [9.17, 15) is 18.0 Å². The van der Waals surface area contributed by atoms with Crippen molar-refractivity contribution in [2.24, 2.45) is 0 Å². The van der Waals surface area contributed by atoms with Crippen molar-refractivity contribution in [2.45, 2.75) is 45.6 Å². The Bertz CT molecular complexity index is 1290. The molecular weight excluding hydrogens is 460 g/mol. The highest BCUT2D eigenvalue weighted by atomic mass is 32.2. The van der Waals surface area contributed by atoms with E-state index in [4.69, 9.17) is 0 Å². The molecule has 0 aliphatic heterocycles. The number of nitrogens with zero attached hydrogens (tertiary/aromatic N) is 1. The van der Waals surface area contributed by atoms with Gasteiger partial charge in [0.15, 0.2) is 5.78 Å². The molecule has 1 unspecified atom stereocenters. The number of rotatable bonds is 8. The van der Waals surface area contributed by atoms with Crippen LogP contribution in [0.15, 0.2) is 78.9 Å². The Hall–Kier alpha value is -3.45. The Morgan fingerprint density at radius 3 is 2.06 bits per heavy atom. The van der Waals surface area contributed by atoms with Gasteiger partial charge in [0.05, 0.1) is 11.9 Å². The smallest absolute Gasteiger partial charge is 0.248 e. The Labute approximate surface area is 208 Å². The highest BCUT2D eigenvalue weighted by Crippen LogP contribution is 2.25. The second-order valence-corrected chi connectivity index (χ2v) is 11.4. The summed E-state index contributed by atoms with van der Waals surface area (Å²) in [5, 5.41) is 2.79. The molecule has 0 saturated carbocycles. The third kappa shape index (κ3) is 6.36. The first-order valence-corrected chi connectivity index (χ1v) is 13.4. The first kappa shape index (κ1) is 26.2. The van der Waals surface area contributed by atoms with E-state index in [1.807, 2.05) is 24.3 Å².